The molecule has 0 saturated carbocycles. The highest BCUT2D eigenvalue weighted by Gasteiger charge is 2.05. The van der Waals surface area contributed by atoms with E-state index in [1.807, 2.05) is 37.0 Å². The number of aromatic nitrogens is 1. The number of aliphatic hydroxyl groups excluding tert-OH is 1. The van der Waals surface area contributed by atoms with Crippen molar-refractivity contribution >= 4 is 11.8 Å². The van der Waals surface area contributed by atoms with Gasteiger partial charge in [-0.3, -0.25) is 4.98 Å². The summed E-state index contributed by atoms with van der Waals surface area (Å²) in [4.78, 5) is 5.46. The average Bonchev–Trinajstić information content (AvgIpc) is 2.28. The van der Waals surface area contributed by atoms with Gasteiger partial charge >= 0.3 is 0 Å². The monoisotopic (exact) mass is 239 g/mol. The molecule has 16 heavy (non-hydrogen) atoms. The molecule has 0 amide bonds. The first-order valence-electron chi connectivity index (χ1n) is 5.90. The molecule has 1 rings (SSSR count). The second-order valence-corrected chi connectivity index (χ2v) is 5.54. The van der Waals surface area contributed by atoms with Crippen LogP contribution in [-0.4, -0.2) is 15.8 Å². The van der Waals surface area contributed by atoms with Gasteiger partial charge < -0.3 is 5.11 Å². The van der Waals surface area contributed by atoms with Crippen LogP contribution in [0.3, 0.4) is 0 Å². The molecule has 2 nitrogen and oxygen atoms in total. The zero-order chi connectivity index (χ0) is 12.0. The van der Waals surface area contributed by atoms with Gasteiger partial charge in [-0.2, -0.15) is 0 Å². The summed E-state index contributed by atoms with van der Waals surface area (Å²) in [5, 5.41) is 9.60. The maximum Gasteiger partial charge on any atom is 0.0957 e. The van der Waals surface area contributed by atoms with Gasteiger partial charge in [0, 0.05) is 11.1 Å². The zero-order valence-corrected chi connectivity index (χ0v) is 11.1. The Labute approximate surface area is 102 Å². The standard InChI is InChI=1S/C13H21NOS/c1-4-13(15)12-6-5-11(9-14-12)16-8-7-10(2)3/h5-6,9-10,13,15H,4,7-8H2,1-3H3/t13-/m0/s1. The third-order valence-corrected chi connectivity index (χ3v) is 3.47. The Kier molecular flexibility index (Phi) is 5.85. The maximum absolute atomic E-state index is 9.60. The lowest BCUT2D eigenvalue weighted by Crippen LogP contribution is -1.98. The van der Waals surface area contributed by atoms with Crippen LogP contribution in [0.2, 0.25) is 0 Å². The summed E-state index contributed by atoms with van der Waals surface area (Å²) in [6.07, 6.45) is 3.38. The Hall–Kier alpha value is -0.540. The van der Waals surface area contributed by atoms with Gasteiger partial charge in [0.25, 0.3) is 0 Å². The van der Waals surface area contributed by atoms with Gasteiger partial charge in [0.05, 0.1) is 11.8 Å². The number of rotatable bonds is 6. The van der Waals surface area contributed by atoms with Crippen LogP contribution in [-0.2, 0) is 0 Å². The molecule has 1 aromatic heterocycles. The summed E-state index contributed by atoms with van der Waals surface area (Å²) in [6.45, 7) is 6.43. The van der Waals surface area contributed by atoms with Crippen LogP contribution in [0.15, 0.2) is 23.2 Å². The van der Waals surface area contributed by atoms with E-state index in [9.17, 15) is 5.11 Å². The predicted molar refractivity (Wildman–Crippen MR) is 69.7 cm³/mol. The van der Waals surface area contributed by atoms with E-state index in [2.05, 4.69) is 18.8 Å². The SMILES string of the molecule is CC[C@H](O)c1ccc(SCCC(C)C)cn1. The number of pyridine rings is 1. The van der Waals surface area contributed by atoms with Gasteiger partial charge in [0.2, 0.25) is 0 Å². The molecule has 1 heterocycles. The van der Waals surface area contributed by atoms with E-state index in [0.29, 0.717) is 6.42 Å². The summed E-state index contributed by atoms with van der Waals surface area (Å²) < 4.78 is 0. The van der Waals surface area contributed by atoms with Crippen molar-refractivity contribution < 1.29 is 5.11 Å². The van der Waals surface area contributed by atoms with Crippen LogP contribution in [0.5, 0.6) is 0 Å². The third-order valence-electron chi connectivity index (χ3n) is 2.45. The molecule has 3 heteroatoms. The van der Waals surface area contributed by atoms with Crippen LogP contribution in [0.25, 0.3) is 0 Å². The predicted octanol–water partition coefficient (Wildman–Crippen LogP) is 3.66. The molecular weight excluding hydrogens is 218 g/mol. The van der Waals surface area contributed by atoms with E-state index < -0.39 is 6.10 Å². The first kappa shape index (κ1) is 13.5. The maximum atomic E-state index is 9.60. The smallest absolute Gasteiger partial charge is 0.0957 e. The molecule has 0 aliphatic rings. The van der Waals surface area contributed by atoms with Gasteiger partial charge in [-0.25, -0.2) is 0 Å². The molecule has 1 N–H and O–H groups in total. The number of nitrogens with zero attached hydrogens (tertiary/aromatic N) is 1. The molecule has 0 radical (unpaired) electrons. The second kappa shape index (κ2) is 6.92. The number of hydrogen-bond donors (Lipinski definition) is 1. The van der Waals surface area contributed by atoms with Gasteiger partial charge in [-0.05, 0) is 36.6 Å². The van der Waals surface area contributed by atoms with Crippen LogP contribution in [0, 0.1) is 5.92 Å². The molecule has 0 unspecified atom stereocenters. The van der Waals surface area contributed by atoms with Crippen molar-refractivity contribution in [1.82, 2.24) is 4.98 Å². The van der Waals surface area contributed by atoms with Crippen molar-refractivity contribution in [2.24, 2.45) is 5.92 Å². The van der Waals surface area contributed by atoms with E-state index in [1.165, 1.54) is 11.3 Å². The summed E-state index contributed by atoms with van der Waals surface area (Å²) >= 11 is 1.83. The lowest BCUT2D eigenvalue weighted by molar-refractivity contribution is 0.169. The van der Waals surface area contributed by atoms with Crippen LogP contribution in [0.4, 0.5) is 0 Å². The molecule has 0 bridgehead atoms. The number of hydrogen-bond acceptors (Lipinski definition) is 3. The molecule has 1 atom stereocenters. The fourth-order valence-corrected chi connectivity index (χ4v) is 2.41. The van der Waals surface area contributed by atoms with Crippen molar-refractivity contribution in [3.8, 4) is 0 Å². The number of thioether (sulfide) groups is 1. The molecule has 1 aromatic rings. The van der Waals surface area contributed by atoms with Crippen LogP contribution < -0.4 is 0 Å². The van der Waals surface area contributed by atoms with Crippen molar-refractivity contribution in [3.63, 3.8) is 0 Å². The number of aliphatic hydroxyl groups is 1. The lowest BCUT2D eigenvalue weighted by Gasteiger charge is -2.08. The summed E-state index contributed by atoms with van der Waals surface area (Å²) in [5.41, 5.74) is 0.774. The minimum atomic E-state index is -0.422. The largest absolute Gasteiger partial charge is 0.387 e. The van der Waals surface area contributed by atoms with Crippen LogP contribution in [0.1, 0.15) is 45.4 Å². The Balaban J connectivity index is 2.45. The van der Waals surface area contributed by atoms with Crippen molar-refractivity contribution in [3.05, 3.63) is 24.0 Å². The molecule has 0 spiro atoms. The van der Waals surface area contributed by atoms with Crippen LogP contribution >= 0.6 is 11.8 Å². The molecule has 0 fully saturated rings. The summed E-state index contributed by atoms with van der Waals surface area (Å²) in [5.74, 6) is 1.89. The Bertz CT molecular complexity index is 297. The first-order valence-corrected chi connectivity index (χ1v) is 6.88. The Morgan fingerprint density at radius 1 is 1.38 bits per heavy atom. The van der Waals surface area contributed by atoms with Crippen molar-refractivity contribution in [1.29, 1.82) is 0 Å². The van der Waals surface area contributed by atoms with Gasteiger partial charge in [-0.1, -0.05) is 20.8 Å². The van der Waals surface area contributed by atoms with E-state index in [4.69, 9.17) is 0 Å². The highest BCUT2D eigenvalue weighted by Crippen LogP contribution is 2.21. The van der Waals surface area contributed by atoms with E-state index >= 15 is 0 Å². The van der Waals surface area contributed by atoms with E-state index in [0.717, 1.165) is 17.4 Å². The van der Waals surface area contributed by atoms with E-state index in [1.54, 1.807) is 0 Å². The molecule has 0 aromatic carbocycles. The first-order chi connectivity index (χ1) is 7.63. The fraction of sp³-hybridized carbons (Fsp3) is 0.615. The quantitative estimate of drug-likeness (QED) is 0.769. The minimum absolute atomic E-state index is 0.422. The second-order valence-electron chi connectivity index (χ2n) is 4.37. The summed E-state index contributed by atoms with van der Waals surface area (Å²) in [7, 11) is 0. The summed E-state index contributed by atoms with van der Waals surface area (Å²) in [6, 6.07) is 3.97. The molecule has 0 aliphatic carbocycles. The molecule has 90 valence electrons. The van der Waals surface area contributed by atoms with Crippen molar-refractivity contribution in [2.75, 3.05) is 5.75 Å². The third kappa shape index (κ3) is 4.54. The Morgan fingerprint density at radius 3 is 2.62 bits per heavy atom. The average molecular weight is 239 g/mol. The Morgan fingerprint density at radius 2 is 2.12 bits per heavy atom. The minimum Gasteiger partial charge on any atom is -0.387 e. The zero-order valence-electron chi connectivity index (χ0n) is 10.3. The molecule has 0 aliphatic heterocycles. The van der Waals surface area contributed by atoms with Crippen molar-refractivity contribution in [2.45, 2.75) is 44.6 Å². The molecular formula is C13H21NOS. The van der Waals surface area contributed by atoms with Gasteiger partial charge in [0.1, 0.15) is 0 Å². The normalized spacial score (nSPS) is 13.1. The highest BCUT2D eigenvalue weighted by atomic mass is 32.2. The topological polar surface area (TPSA) is 33.1 Å². The fourth-order valence-electron chi connectivity index (χ4n) is 1.30. The van der Waals surface area contributed by atoms with E-state index in [-0.39, 0.29) is 0 Å². The van der Waals surface area contributed by atoms with Gasteiger partial charge in [-0.15, -0.1) is 11.8 Å². The lowest BCUT2D eigenvalue weighted by atomic mass is 10.2. The molecule has 0 saturated heterocycles. The van der Waals surface area contributed by atoms with Gasteiger partial charge in [0.15, 0.2) is 0 Å². The highest BCUT2D eigenvalue weighted by molar-refractivity contribution is 7.99.